The number of primary amides is 1. The SMILES string of the molecule is NC(=O)C1COCCN1C(=O)c1cccc(C(N)=S)c1. The van der Waals surface area contributed by atoms with Crippen molar-refractivity contribution >= 4 is 29.0 Å². The van der Waals surface area contributed by atoms with Gasteiger partial charge in [0.25, 0.3) is 5.91 Å². The highest BCUT2D eigenvalue weighted by atomic mass is 32.1. The lowest BCUT2D eigenvalue weighted by Gasteiger charge is -2.33. The van der Waals surface area contributed by atoms with Crippen LogP contribution >= 0.6 is 12.2 Å². The minimum atomic E-state index is -0.746. The van der Waals surface area contributed by atoms with Gasteiger partial charge in [-0.2, -0.15) is 0 Å². The van der Waals surface area contributed by atoms with Gasteiger partial charge in [0.15, 0.2) is 0 Å². The normalized spacial score (nSPS) is 18.6. The summed E-state index contributed by atoms with van der Waals surface area (Å²) >= 11 is 4.89. The molecule has 2 rings (SSSR count). The lowest BCUT2D eigenvalue weighted by Crippen LogP contribution is -2.54. The molecule has 0 spiro atoms. The topological polar surface area (TPSA) is 98.7 Å². The quantitative estimate of drug-likeness (QED) is 0.742. The zero-order chi connectivity index (χ0) is 14.7. The van der Waals surface area contributed by atoms with Gasteiger partial charge in [-0.3, -0.25) is 9.59 Å². The van der Waals surface area contributed by atoms with Crippen molar-refractivity contribution in [3.8, 4) is 0 Å². The number of amides is 2. The van der Waals surface area contributed by atoms with Crippen molar-refractivity contribution < 1.29 is 14.3 Å². The second-order valence-electron chi connectivity index (χ2n) is 4.44. The van der Waals surface area contributed by atoms with Crippen LogP contribution in [0.4, 0.5) is 0 Å². The molecule has 1 aromatic rings. The first-order valence-electron chi connectivity index (χ1n) is 6.08. The van der Waals surface area contributed by atoms with E-state index < -0.39 is 11.9 Å². The second-order valence-corrected chi connectivity index (χ2v) is 4.88. The van der Waals surface area contributed by atoms with Crippen molar-refractivity contribution in [2.24, 2.45) is 11.5 Å². The summed E-state index contributed by atoms with van der Waals surface area (Å²) in [6.45, 7) is 0.824. The monoisotopic (exact) mass is 293 g/mol. The number of carbonyl (C=O) groups excluding carboxylic acids is 2. The Hall–Kier alpha value is -1.99. The average molecular weight is 293 g/mol. The van der Waals surface area contributed by atoms with Crippen LogP contribution in [0.5, 0.6) is 0 Å². The summed E-state index contributed by atoms with van der Waals surface area (Å²) in [5, 5.41) is 0. The smallest absolute Gasteiger partial charge is 0.254 e. The van der Waals surface area contributed by atoms with Crippen LogP contribution in [0.25, 0.3) is 0 Å². The second kappa shape index (κ2) is 5.98. The Morgan fingerprint density at radius 2 is 2.00 bits per heavy atom. The highest BCUT2D eigenvalue weighted by molar-refractivity contribution is 7.80. The van der Waals surface area contributed by atoms with Crippen LogP contribution in [0.15, 0.2) is 24.3 Å². The maximum atomic E-state index is 12.5. The van der Waals surface area contributed by atoms with E-state index in [1.54, 1.807) is 24.3 Å². The molecular weight excluding hydrogens is 278 g/mol. The molecule has 1 aliphatic rings. The molecule has 4 N–H and O–H groups in total. The molecule has 1 saturated heterocycles. The van der Waals surface area contributed by atoms with Crippen LogP contribution in [-0.4, -0.2) is 47.5 Å². The number of carbonyl (C=O) groups is 2. The number of hydrogen-bond donors (Lipinski definition) is 2. The van der Waals surface area contributed by atoms with Crippen LogP contribution in [0.3, 0.4) is 0 Å². The van der Waals surface area contributed by atoms with E-state index in [1.165, 1.54) is 4.90 Å². The Bertz CT molecular complexity index is 562. The van der Waals surface area contributed by atoms with Crippen LogP contribution in [-0.2, 0) is 9.53 Å². The average Bonchev–Trinajstić information content (AvgIpc) is 2.46. The number of nitrogens with zero attached hydrogens (tertiary/aromatic N) is 1. The van der Waals surface area contributed by atoms with Crippen molar-refractivity contribution in [3.63, 3.8) is 0 Å². The molecule has 20 heavy (non-hydrogen) atoms. The molecule has 0 saturated carbocycles. The van der Waals surface area contributed by atoms with Crippen molar-refractivity contribution in [3.05, 3.63) is 35.4 Å². The molecule has 0 bridgehead atoms. The highest BCUT2D eigenvalue weighted by Crippen LogP contribution is 2.14. The predicted octanol–water partition coefficient (Wildman–Crippen LogP) is -0.353. The first kappa shape index (κ1) is 14.4. The van der Waals surface area contributed by atoms with Crippen molar-refractivity contribution in [2.75, 3.05) is 19.8 Å². The first-order valence-corrected chi connectivity index (χ1v) is 6.49. The van der Waals surface area contributed by atoms with E-state index in [9.17, 15) is 9.59 Å². The van der Waals surface area contributed by atoms with Gasteiger partial charge in [0.05, 0.1) is 13.2 Å². The van der Waals surface area contributed by atoms with Crippen LogP contribution in [0, 0.1) is 0 Å². The minimum absolute atomic E-state index is 0.121. The largest absolute Gasteiger partial charge is 0.389 e. The highest BCUT2D eigenvalue weighted by Gasteiger charge is 2.31. The molecule has 1 aromatic carbocycles. The molecule has 0 aliphatic carbocycles. The molecule has 6 nitrogen and oxygen atoms in total. The van der Waals surface area contributed by atoms with Gasteiger partial charge in [-0.1, -0.05) is 24.4 Å². The van der Waals surface area contributed by atoms with E-state index in [1.807, 2.05) is 0 Å². The van der Waals surface area contributed by atoms with Gasteiger partial charge in [0.2, 0.25) is 5.91 Å². The Morgan fingerprint density at radius 1 is 1.30 bits per heavy atom. The Balaban J connectivity index is 2.27. The van der Waals surface area contributed by atoms with Crippen LogP contribution in [0.2, 0.25) is 0 Å². The fourth-order valence-corrected chi connectivity index (χ4v) is 2.18. The number of thiocarbonyl (C=S) groups is 1. The third-order valence-corrected chi connectivity index (χ3v) is 3.35. The van der Waals surface area contributed by atoms with Gasteiger partial charge in [-0.05, 0) is 12.1 Å². The Morgan fingerprint density at radius 3 is 2.65 bits per heavy atom. The maximum Gasteiger partial charge on any atom is 0.254 e. The molecule has 106 valence electrons. The first-order chi connectivity index (χ1) is 9.50. The molecule has 2 amide bonds. The number of benzene rings is 1. The summed E-state index contributed by atoms with van der Waals surface area (Å²) in [6.07, 6.45) is 0. The molecule has 1 unspecified atom stereocenters. The van der Waals surface area contributed by atoms with E-state index in [2.05, 4.69) is 0 Å². The molecular formula is C13H15N3O3S. The predicted molar refractivity (Wildman–Crippen MR) is 77.2 cm³/mol. The fourth-order valence-electron chi connectivity index (χ4n) is 2.05. The number of morpholine rings is 1. The van der Waals surface area contributed by atoms with Crippen molar-refractivity contribution in [1.29, 1.82) is 0 Å². The zero-order valence-corrected chi connectivity index (χ0v) is 11.6. The molecule has 1 fully saturated rings. The molecule has 1 aliphatic heterocycles. The number of hydrogen-bond acceptors (Lipinski definition) is 4. The van der Waals surface area contributed by atoms with E-state index in [0.29, 0.717) is 24.3 Å². The van der Waals surface area contributed by atoms with Crippen LogP contribution in [0.1, 0.15) is 15.9 Å². The van der Waals surface area contributed by atoms with Gasteiger partial charge in [-0.15, -0.1) is 0 Å². The number of rotatable bonds is 3. The lowest BCUT2D eigenvalue weighted by atomic mass is 10.1. The van der Waals surface area contributed by atoms with E-state index >= 15 is 0 Å². The van der Waals surface area contributed by atoms with Gasteiger partial charge in [0.1, 0.15) is 11.0 Å². The molecule has 0 aromatic heterocycles. The van der Waals surface area contributed by atoms with E-state index in [-0.39, 0.29) is 17.5 Å². The lowest BCUT2D eigenvalue weighted by molar-refractivity contribution is -0.127. The van der Waals surface area contributed by atoms with Crippen molar-refractivity contribution in [2.45, 2.75) is 6.04 Å². The summed E-state index contributed by atoms with van der Waals surface area (Å²) in [5.41, 5.74) is 11.9. The summed E-state index contributed by atoms with van der Waals surface area (Å²) in [4.78, 5) is 25.5. The van der Waals surface area contributed by atoms with E-state index in [4.69, 9.17) is 28.4 Å². The standard InChI is InChI=1S/C13H15N3O3S/c14-11(17)10-7-19-5-4-16(10)13(18)9-3-1-2-8(6-9)12(15)20/h1-3,6,10H,4-5,7H2,(H2,14,17)(H2,15,20). The third-order valence-electron chi connectivity index (χ3n) is 3.11. The summed E-state index contributed by atoms with van der Waals surface area (Å²) in [6, 6.07) is 5.94. The number of ether oxygens (including phenoxy) is 1. The molecule has 1 heterocycles. The summed E-state index contributed by atoms with van der Waals surface area (Å²) in [7, 11) is 0. The Kier molecular flexibility index (Phi) is 4.31. The van der Waals surface area contributed by atoms with Gasteiger partial charge >= 0.3 is 0 Å². The van der Waals surface area contributed by atoms with Crippen molar-refractivity contribution in [1.82, 2.24) is 4.90 Å². The molecule has 7 heteroatoms. The van der Waals surface area contributed by atoms with Crippen LogP contribution < -0.4 is 11.5 Å². The summed E-state index contributed by atoms with van der Waals surface area (Å²) < 4.78 is 5.19. The van der Waals surface area contributed by atoms with Gasteiger partial charge < -0.3 is 21.1 Å². The molecule has 1 atom stereocenters. The Labute approximate surface area is 121 Å². The fraction of sp³-hybridized carbons (Fsp3) is 0.308. The van der Waals surface area contributed by atoms with Gasteiger partial charge in [-0.25, -0.2) is 0 Å². The minimum Gasteiger partial charge on any atom is -0.389 e. The third kappa shape index (κ3) is 2.94. The zero-order valence-electron chi connectivity index (χ0n) is 10.7. The number of nitrogens with two attached hydrogens (primary N) is 2. The van der Waals surface area contributed by atoms with E-state index in [0.717, 1.165) is 0 Å². The summed E-state index contributed by atoms with van der Waals surface area (Å²) in [5.74, 6) is -0.862. The maximum absolute atomic E-state index is 12.5. The van der Waals surface area contributed by atoms with Gasteiger partial charge in [0, 0.05) is 17.7 Å². The molecule has 0 radical (unpaired) electrons.